The number of carbonyl (C=O) groups excluding carboxylic acids is 1. The summed E-state index contributed by atoms with van der Waals surface area (Å²) in [7, 11) is 0. The van der Waals surface area contributed by atoms with Crippen LogP contribution >= 0.6 is 0 Å². The molecule has 0 radical (unpaired) electrons. The number of nitrogens with two attached hydrogens (primary N) is 1. The number of halogens is 3. The van der Waals surface area contributed by atoms with Crippen LogP contribution in [-0.4, -0.2) is 12.5 Å². The van der Waals surface area contributed by atoms with Gasteiger partial charge in [0.2, 0.25) is 5.91 Å². The summed E-state index contributed by atoms with van der Waals surface area (Å²) in [6.07, 6.45) is -3.92. The number of carbonyl (C=O) groups is 1. The van der Waals surface area contributed by atoms with E-state index in [-0.39, 0.29) is 6.42 Å². The topological polar surface area (TPSA) is 55.1 Å². The summed E-state index contributed by atoms with van der Waals surface area (Å²) in [4.78, 5) is 10.7. The van der Waals surface area contributed by atoms with Gasteiger partial charge in [0, 0.05) is 18.7 Å². The van der Waals surface area contributed by atoms with Gasteiger partial charge in [-0.25, -0.2) is 0 Å². The van der Waals surface area contributed by atoms with E-state index in [2.05, 4.69) is 5.32 Å². The predicted molar refractivity (Wildman–Crippen MR) is 63.1 cm³/mol. The molecule has 0 saturated heterocycles. The minimum absolute atomic E-state index is 0.115. The monoisotopic (exact) mass is 260 g/mol. The maximum atomic E-state index is 12.6. The number of aryl methyl sites for hydroxylation is 1. The van der Waals surface area contributed by atoms with Gasteiger partial charge < -0.3 is 11.1 Å². The van der Waals surface area contributed by atoms with Crippen LogP contribution in [-0.2, 0) is 17.4 Å². The van der Waals surface area contributed by atoms with E-state index in [4.69, 9.17) is 5.73 Å². The maximum Gasteiger partial charge on any atom is 0.416 e. The lowest BCUT2D eigenvalue weighted by molar-refractivity contribution is -0.137. The molecule has 0 unspecified atom stereocenters. The van der Waals surface area contributed by atoms with Gasteiger partial charge in [-0.1, -0.05) is 6.07 Å². The van der Waals surface area contributed by atoms with Crippen molar-refractivity contribution in [1.29, 1.82) is 0 Å². The average molecular weight is 260 g/mol. The fourth-order valence-corrected chi connectivity index (χ4v) is 1.58. The molecular formula is C12H15F3N2O. The Balaban J connectivity index is 3.00. The van der Waals surface area contributed by atoms with Crippen molar-refractivity contribution in [2.45, 2.75) is 25.9 Å². The second kappa shape index (κ2) is 5.75. The van der Waals surface area contributed by atoms with Crippen molar-refractivity contribution in [2.75, 3.05) is 11.9 Å². The number of rotatable bonds is 5. The zero-order valence-corrected chi connectivity index (χ0v) is 9.97. The van der Waals surface area contributed by atoms with E-state index in [1.54, 1.807) is 6.92 Å². The summed E-state index contributed by atoms with van der Waals surface area (Å²) in [5, 5.41) is 2.86. The molecule has 0 heterocycles. The molecule has 1 aromatic carbocycles. The Morgan fingerprint density at radius 2 is 2.06 bits per heavy atom. The number of anilines is 1. The number of hydrogen-bond donors (Lipinski definition) is 2. The third kappa shape index (κ3) is 3.94. The highest BCUT2D eigenvalue weighted by Crippen LogP contribution is 2.32. The number of alkyl halides is 3. The van der Waals surface area contributed by atoms with Crippen molar-refractivity contribution in [3.05, 3.63) is 29.3 Å². The Bertz CT molecular complexity index is 430. The summed E-state index contributed by atoms with van der Waals surface area (Å²) in [5.74, 6) is -0.475. The maximum absolute atomic E-state index is 12.6. The van der Waals surface area contributed by atoms with Gasteiger partial charge in [0.1, 0.15) is 0 Å². The fraction of sp³-hybridized carbons (Fsp3) is 0.417. The van der Waals surface area contributed by atoms with Crippen LogP contribution in [0.15, 0.2) is 18.2 Å². The van der Waals surface area contributed by atoms with Gasteiger partial charge in [-0.05, 0) is 31.0 Å². The van der Waals surface area contributed by atoms with Gasteiger partial charge in [0.25, 0.3) is 0 Å². The zero-order chi connectivity index (χ0) is 13.8. The minimum atomic E-state index is -4.37. The Hall–Kier alpha value is -1.72. The van der Waals surface area contributed by atoms with E-state index in [1.165, 1.54) is 6.07 Å². The van der Waals surface area contributed by atoms with Crippen molar-refractivity contribution >= 4 is 11.6 Å². The van der Waals surface area contributed by atoms with Crippen molar-refractivity contribution in [2.24, 2.45) is 5.73 Å². The summed E-state index contributed by atoms with van der Waals surface area (Å²) < 4.78 is 37.7. The number of primary amides is 1. The molecule has 6 heteroatoms. The summed E-state index contributed by atoms with van der Waals surface area (Å²) >= 11 is 0. The van der Waals surface area contributed by atoms with Crippen molar-refractivity contribution in [3.63, 3.8) is 0 Å². The second-order valence-electron chi connectivity index (χ2n) is 3.87. The van der Waals surface area contributed by atoms with Crippen LogP contribution in [0.25, 0.3) is 0 Å². The molecule has 0 saturated carbocycles. The SMILES string of the molecule is CCNc1cc(C(F)(F)F)ccc1CCC(N)=O. The molecule has 0 bridgehead atoms. The first-order valence-corrected chi connectivity index (χ1v) is 5.57. The summed E-state index contributed by atoms with van der Waals surface area (Å²) in [5.41, 5.74) is 5.37. The third-order valence-corrected chi connectivity index (χ3v) is 2.45. The first-order valence-electron chi connectivity index (χ1n) is 5.57. The van der Waals surface area contributed by atoms with Gasteiger partial charge in [-0.2, -0.15) is 13.2 Å². The molecule has 3 nitrogen and oxygen atoms in total. The second-order valence-corrected chi connectivity index (χ2v) is 3.87. The highest BCUT2D eigenvalue weighted by Gasteiger charge is 2.30. The summed E-state index contributed by atoms with van der Waals surface area (Å²) in [6.45, 7) is 2.29. The van der Waals surface area contributed by atoms with Gasteiger partial charge in [0.15, 0.2) is 0 Å². The Morgan fingerprint density at radius 1 is 1.39 bits per heavy atom. The molecule has 0 aliphatic rings. The lowest BCUT2D eigenvalue weighted by atomic mass is 10.0. The standard InChI is InChI=1S/C12H15F3N2O/c1-2-17-10-7-9(12(13,14)15)5-3-8(10)4-6-11(16)18/h3,5,7,17H,2,4,6H2,1H3,(H2,16,18). The van der Waals surface area contributed by atoms with Crippen LogP contribution in [0.2, 0.25) is 0 Å². The van der Waals surface area contributed by atoms with Gasteiger partial charge in [-0.15, -0.1) is 0 Å². The van der Waals surface area contributed by atoms with Crippen molar-refractivity contribution < 1.29 is 18.0 Å². The molecule has 0 fully saturated rings. The largest absolute Gasteiger partial charge is 0.416 e. The molecule has 0 aromatic heterocycles. The van der Waals surface area contributed by atoms with Gasteiger partial charge in [0.05, 0.1) is 5.56 Å². The molecule has 1 amide bonds. The van der Waals surface area contributed by atoms with Gasteiger partial charge >= 0.3 is 6.18 Å². The summed E-state index contributed by atoms with van der Waals surface area (Å²) in [6, 6.07) is 3.45. The molecular weight excluding hydrogens is 245 g/mol. The molecule has 1 rings (SSSR count). The Kier molecular flexibility index (Phi) is 4.58. The first-order chi connectivity index (χ1) is 8.34. The fourth-order valence-electron chi connectivity index (χ4n) is 1.58. The quantitative estimate of drug-likeness (QED) is 0.854. The number of amides is 1. The molecule has 0 aliphatic heterocycles. The minimum Gasteiger partial charge on any atom is -0.385 e. The molecule has 3 N–H and O–H groups in total. The van der Waals surface area contributed by atoms with Crippen molar-refractivity contribution in [3.8, 4) is 0 Å². The normalized spacial score (nSPS) is 11.3. The van der Waals surface area contributed by atoms with Crippen LogP contribution in [0.3, 0.4) is 0 Å². The molecule has 1 aromatic rings. The van der Waals surface area contributed by atoms with Crippen LogP contribution in [0.4, 0.5) is 18.9 Å². The van der Waals surface area contributed by atoms with Crippen LogP contribution in [0.1, 0.15) is 24.5 Å². The van der Waals surface area contributed by atoms with E-state index >= 15 is 0 Å². The predicted octanol–water partition coefficient (Wildman–Crippen LogP) is 2.56. The van der Waals surface area contributed by atoms with E-state index in [0.29, 0.717) is 24.2 Å². The van der Waals surface area contributed by atoms with E-state index < -0.39 is 17.6 Å². The number of hydrogen-bond acceptors (Lipinski definition) is 2. The Labute approximate surface area is 103 Å². The smallest absolute Gasteiger partial charge is 0.385 e. The van der Waals surface area contributed by atoms with E-state index in [9.17, 15) is 18.0 Å². The number of nitrogens with one attached hydrogen (secondary N) is 1. The van der Waals surface area contributed by atoms with Crippen LogP contribution < -0.4 is 11.1 Å². The molecule has 18 heavy (non-hydrogen) atoms. The van der Waals surface area contributed by atoms with E-state index in [0.717, 1.165) is 12.1 Å². The lowest BCUT2D eigenvalue weighted by Crippen LogP contribution is -2.13. The molecule has 100 valence electrons. The van der Waals surface area contributed by atoms with Crippen LogP contribution in [0.5, 0.6) is 0 Å². The highest BCUT2D eigenvalue weighted by atomic mass is 19.4. The molecule has 0 atom stereocenters. The first kappa shape index (κ1) is 14.3. The lowest BCUT2D eigenvalue weighted by Gasteiger charge is -2.14. The number of benzene rings is 1. The zero-order valence-electron chi connectivity index (χ0n) is 9.97. The highest BCUT2D eigenvalue weighted by molar-refractivity contribution is 5.74. The molecule has 0 aliphatic carbocycles. The van der Waals surface area contributed by atoms with E-state index in [1.807, 2.05) is 0 Å². The van der Waals surface area contributed by atoms with Crippen molar-refractivity contribution in [1.82, 2.24) is 0 Å². The average Bonchev–Trinajstić information content (AvgIpc) is 2.26. The van der Waals surface area contributed by atoms with Gasteiger partial charge in [-0.3, -0.25) is 4.79 Å². The van der Waals surface area contributed by atoms with Crippen LogP contribution in [0, 0.1) is 0 Å². The third-order valence-electron chi connectivity index (χ3n) is 2.45. The Morgan fingerprint density at radius 3 is 2.56 bits per heavy atom. The molecule has 0 spiro atoms.